The number of para-hydroxylation sites is 1. The number of benzene rings is 2. The van der Waals surface area contributed by atoms with E-state index in [-0.39, 0.29) is 13.0 Å². The van der Waals surface area contributed by atoms with Crippen LogP contribution in [0.1, 0.15) is 58.6 Å². The predicted octanol–water partition coefficient (Wildman–Crippen LogP) is 6.28. The normalized spacial score (nSPS) is 17.8. The van der Waals surface area contributed by atoms with E-state index in [9.17, 15) is 14.1 Å². The van der Waals surface area contributed by atoms with E-state index in [0.29, 0.717) is 31.7 Å². The van der Waals surface area contributed by atoms with Gasteiger partial charge in [0.25, 0.3) is 0 Å². The van der Waals surface area contributed by atoms with Crippen LogP contribution in [-0.4, -0.2) is 35.7 Å². The second-order valence-electron chi connectivity index (χ2n) is 9.21. The minimum Gasteiger partial charge on any atom is -0.489 e. The molecule has 2 aromatic carbocycles. The van der Waals surface area contributed by atoms with E-state index in [1.165, 1.54) is 4.90 Å². The smallest absolute Gasteiger partial charge is 0.410 e. The van der Waals surface area contributed by atoms with Crippen LogP contribution in [0.15, 0.2) is 54.6 Å². The van der Waals surface area contributed by atoms with E-state index in [0.717, 1.165) is 11.1 Å². The second-order valence-corrected chi connectivity index (χ2v) is 9.21. The highest BCUT2D eigenvalue weighted by Crippen LogP contribution is 2.38. The van der Waals surface area contributed by atoms with E-state index in [2.05, 4.69) is 4.94 Å². The molecule has 1 fully saturated rings. The fourth-order valence-electron chi connectivity index (χ4n) is 3.97. The maximum Gasteiger partial charge on any atom is 0.410 e. The van der Waals surface area contributed by atoms with Gasteiger partial charge in [-0.15, -0.1) is 0 Å². The Kier molecular flexibility index (Phi) is 9.90. The molecule has 186 valence electrons. The van der Waals surface area contributed by atoms with Gasteiger partial charge in [-0.3, -0.25) is 4.94 Å². The van der Waals surface area contributed by atoms with Gasteiger partial charge < -0.3 is 14.4 Å². The second kappa shape index (κ2) is 12.4. The Morgan fingerprint density at radius 3 is 2.32 bits per heavy atom. The highest BCUT2D eigenvalue weighted by molar-refractivity contribution is 5.79. The summed E-state index contributed by atoms with van der Waals surface area (Å²) in [5.41, 5.74) is -0.139. The minimum atomic E-state index is -1.23. The molecular weight excluding hydrogens is 437 g/mol. The molecule has 1 amide bonds. The molecule has 2 aromatic rings. The zero-order valence-corrected chi connectivity index (χ0v) is 20.8. The Bertz CT molecular complexity index is 928. The summed E-state index contributed by atoms with van der Waals surface area (Å²) < 4.78 is 24.6. The lowest BCUT2D eigenvalue weighted by Crippen LogP contribution is -2.52. The van der Waals surface area contributed by atoms with E-state index < -0.39 is 23.1 Å². The topological polar surface area (TPSA) is 65.1 Å². The quantitative estimate of drug-likeness (QED) is 0.494. The van der Waals surface area contributed by atoms with Crippen LogP contribution in [-0.2, 0) is 27.5 Å². The van der Waals surface area contributed by atoms with Crippen LogP contribution in [0.5, 0.6) is 5.75 Å². The van der Waals surface area contributed by atoms with Crippen molar-refractivity contribution in [2.75, 3.05) is 13.1 Å². The highest BCUT2D eigenvalue weighted by Gasteiger charge is 2.47. The number of hydrogen-bond acceptors (Lipinski definition) is 5. The van der Waals surface area contributed by atoms with Crippen LogP contribution in [0, 0.1) is 5.41 Å². The summed E-state index contributed by atoms with van der Waals surface area (Å²) in [6, 6.07) is 17.1. The van der Waals surface area contributed by atoms with E-state index in [1.807, 2.05) is 68.4 Å². The van der Waals surface area contributed by atoms with Crippen molar-refractivity contribution in [2.45, 2.75) is 66.1 Å². The molecule has 1 heterocycles. The molecule has 3 rings (SSSR count). The number of likely N-dealkylation sites (tertiary alicyclic amines) is 1. The molecule has 34 heavy (non-hydrogen) atoms. The largest absolute Gasteiger partial charge is 0.489 e. The Hall–Kier alpha value is -3.09. The number of carbonyl (C=O) groups is 2. The zero-order chi connectivity index (χ0) is 25.2. The van der Waals surface area contributed by atoms with Gasteiger partial charge in [0.1, 0.15) is 18.0 Å². The third kappa shape index (κ3) is 7.47. The minimum absolute atomic E-state index is 0.0116. The molecule has 1 saturated heterocycles. The van der Waals surface area contributed by atoms with Crippen molar-refractivity contribution >= 4 is 12.1 Å². The van der Waals surface area contributed by atoms with Gasteiger partial charge in [-0.25, -0.2) is 9.59 Å². The molecule has 0 N–H and O–H groups in total. The number of halogens is 1. The Morgan fingerprint density at radius 2 is 1.68 bits per heavy atom. The van der Waals surface area contributed by atoms with Crippen molar-refractivity contribution in [1.82, 2.24) is 4.90 Å². The lowest BCUT2D eigenvalue weighted by molar-refractivity contribution is -0.200. The lowest BCUT2D eigenvalue weighted by atomic mass is 9.75. The summed E-state index contributed by atoms with van der Waals surface area (Å²) in [6.45, 7) is 10.1. The molecule has 1 aliphatic rings. The van der Waals surface area contributed by atoms with Crippen LogP contribution < -0.4 is 4.74 Å². The van der Waals surface area contributed by atoms with Gasteiger partial charge in [0.05, 0.1) is 5.41 Å². The molecule has 1 atom stereocenters. The predicted molar refractivity (Wildman–Crippen MR) is 129 cm³/mol. The summed E-state index contributed by atoms with van der Waals surface area (Å²) in [5.74, 6) is -0.375. The molecule has 0 aliphatic carbocycles. The van der Waals surface area contributed by atoms with Gasteiger partial charge >= 0.3 is 12.1 Å². The van der Waals surface area contributed by atoms with Crippen molar-refractivity contribution in [3.8, 4) is 5.75 Å². The van der Waals surface area contributed by atoms with E-state index in [4.69, 9.17) is 9.47 Å². The Balaban J connectivity index is 0.00000199. The fourth-order valence-corrected chi connectivity index (χ4v) is 3.97. The molecule has 1 aliphatic heterocycles. The number of hydrogen-bond donors (Lipinski definition) is 0. The van der Waals surface area contributed by atoms with Gasteiger partial charge in [-0.05, 0) is 57.2 Å². The number of ether oxygens (including phenoxy) is 2. The fraction of sp³-hybridized carbons (Fsp3) is 0.481. The maximum absolute atomic E-state index is 13.2. The van der Waals surface area contributed by atoms with Crippen molar-refractivity contribution in [1.29, 1.82) is 0 Å². The summed E-state index contributed by atoms with van der Waals surface area (Å²) >= 11 is 0. The van der Waals surface area contributed by atoms with Gasteiger partial charge in [0, 0.05) is 17.6 Å². The van der Waals surface area contributed by atoms with Gasteiger partial charge in [-0.2, -0.15) is 0 Å². The summed E-state index contributed by atoms with van der Waals surface area (Å²) in [4.78, 5) is 30.4. The van der Waals surface area contributed by atoms with Gasteiger partial charge in [-0.1, -0.05) is 62.4 Å². The molecule has 6 nitrogen and oxygen atoms in total. The van der Waals surface area contributed by atoms with Gasteiger partial charge in [0.2, 0.25) is 0 Å². The molecule has 7 heteroatoms. The standard InChI is InChI=1S/C25H30FNO5.C2H6/c1-24(2,3)31-23(29)27-15-9-14-25(18-27,22(28)32-26)16-20-12-7-8-13-21(20)30-17-19-10-5-4-6-11-19;1-2/h4-8,10-13H,9,14-18H2,1-3H3;1-2H3. The van der Waals surface area contributed by atoms with Gasteiger partial charge in [0.15, 0.2) is 0 Å². The monoisotopic (exact) mass is 473 g/mol. The molecule has 0 bridgehead atoms. The number of amides is 1. The van der Waals surface area contributed by atoms with Crippen LogP contribution in [0.2, 0.25) is 0 Å². The van der Waals surface area contributed by atoms with Crippen LogP contribution in [0.4, 0.5) is 9.32 Å². The van der Waals surface area contributed by atoms with Crippen molar-refractivity contribution in [2.24, 2.45) is 5.41 Å². The number of carbonyl (C=O) groups excluding carboxylic acids is 2. The highest BCUT2D eigenvalue weighted by atomic mass is 19.3. The average molecular weight is 474 g/mol. The first-order chi connectivity index (χ1) is 16.2. The summed E-state index contributed by atoms with van der Waals surface area (Å²) in [6.07, 6.45) is 0.575. The van der Waals surface area contributed by atoms with E-state index >= 15 is 0 Å². The molecule has 0 spiro atoms. The maximum atomic E-state index is 13.2. The Morgan fingerprint density at radius 1 is 1.03 bits per heavy atom. The number of piperidine rings is 1. The summed E-state index contributed by atoms with van der Waals surface area (Å²) in [7, 11) is 0. The summed E-state index contributed by atoms with van der Waals surface area (Å²) in [5, 5.41) is 0. The molecule has 0 radical (unpaired) electrons. The molecule has 0 saturated carbocycles. The lowest BCUT2D eigenvalue weighted by Gasteiger charge is -2.40. The van der Waals surface area contributed by atoms with E-state index in [1.54, 1.807) is 20.8 Å². The van der Waals surface area contributed by atoms with Crippen LogP contribution >= 0.6 is 0 Å². The first-order valence-electron chi connectivity index (χ1n) is 11.8. The van der Waals surface area contributed by atoms with Crippen LogP contribution in [0.25, 0.3) is 0 Å². The average Bonchev–Trinajstić information content (AvgIpc) is 2.84. The third-order valence-electron chi connectivity index (χ3n) is 5.47. The molecule has 0 aromatic heterocycles. The van der Waals surface area contributed by atoms with Crippen molar-refractivity contribution in [3.63, 3.8) is 0 Å². The SMILES string of the molecule is CC.CC(C)(C)OC(=O)N1CCCC(Cc2ccccc2OCc2ccccc2)(C(=O)OF)C1. The molecule has 1 unspecified atom stereocenters. The molecular formula is C27H36FNO5. The third-order valence-corrected chi connectivity index (χ3v) is 5.47. The zero-order valence-electron chi connectivity index (χ0n) is 20.8. The Labute approximate surface area is 201 Å². The number of nitrogens with zero attached hydrogens (tertiary/aromatic N) is 1. The number of rotatable bonds is 6. The first kappa shape index (κ1) is 27.2. The van der Waals surface area contributed by atoms with Crippen molar-refractivity contribution in [3.05, 3.63) is 65.7 Å². The van der Waals surface area contributed by atoms with Crippen LogP contribution in [0.3, 0.4) is 0 Å². The first-order valence-corrected chi connectivity index (χ1v) is 11.8. The van der Waals surface area contributed by atoms with Crippen molar-refractivity contribution < 1.29 is 28.5 Å².